The third-order valence-corrected chi connectivity index (χ3v) is 5.05. The second-order valence-corrected chi connectivity index (χ2v) is 7.45. The monoisotopic (exact) mass is 452 g/mol. The van der Waals surface area contributed by atoms with Crippen molar-refractivity contribution in [3.63, 3.8) is 0 Å². The van der Waals surface area contributed by atoms with Crippen LogP contribution in [0.25, 0.3) is 22.3 Å². The van der Waals surface area contributed by atoms with Crippen molar-refractivity contribution in [2.24, 2.45) is 0 Å². The van der Waals surface area contributed by atoms with Gasteiger partial charge in [-0.05, 0) is 25.1 Å². The van der Waals surface area contributed by atoms with Crippen LogP contribution in [0.3, 0.4) is 0 Å². The zero-order valence-corrected chi connectivity index (χ0v) is 18.3. The van der Waals surface area contributed by atoms with Crippen molar-refractivity contribution >= 4 is 22.8 Å². The van der Waals surface area contributed by atoms with Gasteiger partial charge in [-0.2, -0.15) is 5.10 Å². The molecule has 168 valence electrons. The topological polar surface area (TPSA) is 124 Å². The van der Waals surface area contributed by atoms with Crippen molar-refractivity contribution in [2.45, 2.75) is 13.5 Å². The molecule has 5 rings (SSSR count). The largest absolute Gasteiger partial charge is 0.437 e. The molecule has 4 heterocycles. The fraction of sp³-hybridized carbons (Fsp3) is 0.0833. The third kappa shape index (κ3) is 4.37. The van der Waals surface area contributed by atoms with Gasteiger partial charge in [0.05, 0.1) is 30.3 Å². The van der Waals surface area contributed by atoms with Gasteiger partial charge in [0.15, 0.2) is 5.65 Å². The number of hydrogen-bond donors (Lipinski definition) is 2. The summed E-state index contributed by atoms with van der Waals surface area (Å²) in [6.45, 7) is 5.91. The Balaban J connectivity index is 1.43. The summed E-state index contributed by atoms with van der Waals surface area (Å²) in [5, 5.41) is 7.32. The van der Waals surface area contributed by atoms with Gasteiger partial charge in [-0.25, -0.2) is 9.97 Å². The average Bonchev–Trinajstić information content (AvgIpc) is 3.42. The number of aromatic amines is 1. The Labute approximate surface area is 194 Å². The molecule has 1 aromatic carbocycles. The van der Waals surface area contributed by atoms with Crippen LogP contribution in [0.5, 0.6) is 11.6 Å². The number of hydrogen-bond acceptors (Lipinski definition) is 7. The summed E-state index contributed by atoms with van der Waals surface area (Å²) in [5.41, 5.74) is 5.34. The molecule has 0 spiro atoms. The van der Waals surface area contributed by atoms with Gasteiger partial charge >= 0.3 is 0 Å². The molecule has 0 aliphatic carbocycles. The molecule has 0 fully saturated rings. The highest BCUT2D eigenvalue weighted by Crippen LogP contribution is 2.31. The standard InChI is InChI=1S/C24H20N8O2/c1-3-21(33)29-16-5-4-6-18(9-16)34-22-12-28-24-23(30-22)19(11-27-24)20-14-32(31-15(20)2)13-17-10-25-7-8-26-17/h3-12,14H,1,13H2,2H3,(H,27,28)(H,29,33). The number of aromatic nitrogens is 7. The van der Waals surface area contributed by atoms with E-state index in [2.05, 4.69) is 41.9 Å². The van der Waals surface area contributed by atoms with Gasteiger partial charge in [0.2, 0.25) is 11.8 Å². The van der Waals surface area contributed by atoms with Crippen molar-refractivity contribution in [3.8, 4) is 22.8 Å². The van der Waals surface area contributed by atoms with Crippen molar-refractivity contribution in [3.05, 3.63) is 85.5 Å². The fourth-order valence-corrected chi connectivity index (χ4v) is 3.52. The van der Waals surface area contributed by atoms with E-state index in [1.807, 2.05) is 24.0 Å². The molecular formula is C24H20N8O2. The van der Waals surface area contributed by atoms with Crippen molar-refractivity contribution in [1.82, 2.24) is 34.7 Å². The predicted molar refractivity (Wildman–Crippen MR) is 126 cm³/mol. The third-order valence-electron chi connectivity index (χ3n) is 5.05. The summed E-state index contributed by atoms with van der Waals surface area (Å²) in [6.07, 6.45) is 11.6. The number of benzene rings is 1. The van der Waals surface area contributed by atoms with Crippen LogP contribution in [0.2, 0.25) is 0 Å². The van der Waals surface area contributed by atoms with E-state index < -0.39 is 0 Å². The molecule has 0 atom stereocenters. The Morgan fingerprint density at radius 3 is 2.97 bits per heavy atom. The molecule has 2 N–H and O–H groups in total. The number of amides is 1. The first-order valence-electron chi connectivity index (χ1n) is 10.4. The second-order valence-electron chi connectivity index (χ2n) is 7.45. The summed E-state index contributed by atoms with van der Waals surface area (Å²) >= 11 is 0. The number of nitrogens with one attached hydrogen (secondary N) is 2. The second kappa shape index (κ2) is 8.94. The number of aryl methyl sites for hydroxylation is 1. The van der Waals surface area contributed by atoms with Gasteiger partial charge < -0.3 is 15.0 Å². The number of carbonyl (C=O) groups excluding carboxylic acids is 1. The van der Waals surface area contributed by atoms with E-state index in [1.54, 1.807) is 49.1 Å². The smallest absolute Gasteiger partial charge is 0.247 e. The Hall–Kier alpha value is -4.86. The summed E-state index contributed by atoms with van der Waals surface area (Å²) in [4.78, 5) is 32.2. The minimum Gasteiger partial charge on any atom is -0.437 e. The van der Waals surface area contributed by atoms with E-state index in [0.29, 0.717) is 35.0 Å². The van der Waals surface area contributed by atoms with Crippen LogP contribution >= 0.6 is 0 Å². The van der Waals surface area contributed by atoms with Gasteiger partial charge in [0.1, 0.15) is 11.3 Å². The van der Waals surface area contributed by atoms with Crippen molar-refractivity contribution in [2.75, 3.05) is 5.32 Å². The van der Waals surface area contributed by atoms with Crippen molar-refractivity contribution < 1.29 is 9.53 Å². The number of H-pyrrole nitrogens is 1. The lowest BCUT2D eigenvalue weighted by atomic mass is 10.1. The summed E-state index contributed by atoms with van der Waals surface area (Å²) in [6, 6.07) is 7.01. The SMILES string of the molecule is C=CC(=O)Nc1cccc(Oc2cnc3[nH]cc(-c4cn(Cc5cnccn5)nc4C)c3n2)c1. The molecule has 0 aliphatic rings. The van der Waals surface area contributed by atoms with Crippen molar-refractivity contribution in [1.29, 1.82) is 0 Å². The lowest BCUT2D eigenvalue weighted by molar-refractivity contribution is -0.111. The number of anilines is 1. The van der Waals surface area contributed by atoms with E-state index in [1.165, 1.54) is 6.08 Å². The quantitative estimate of drug-likeness (QED) is 0.359. The predicted octanol–water partition coefficient (Wildman–Crippen LogP) is 3.88. The van der Waals surface area contributed by atoms with E-state index in [4.69, 9.17) is 4.74 Å². The molecule has 34 heavy (non-hydrogen) atoms. The zero-order chi connectivity index (χ0) is 23.5. The molecule has 0 radical (unpaired) electrons. The van der Waals surface area contributed by atoms with Crippen LogP contribution in [-0.4, -0.2) is 40.6 Å². The Kier molecular flexibility index (Phi) is 5.53. The van der Waals surface area contributed by atoms with Crippen LogP contribution in [0.4, 0.5) is 5.69 Å². The molecule has 0 unspecified atom stereocenters. The molecule has 0 saturated carbocycles. The first-order valence-corrected chi connectivity index (χ1v) is 10.4. The van der Waals surface area contributed by atoms with E-state index in [-0.39, 0.29) is 5.91 Å². The number of rotatable bonds is 7. The molecule has 5 aromatic rings. The van der Waals surface area contributed by atoms with Gasteiger partial charge in [-0.3, -0.25) is 19.4 Å². The zero-order valence-electron chi connectivity index (χ0n) is 18.3. The number of carbonyl (C=O) groups is 1. The minimum absolute atomic E-state index is 0.300. The summed E-state index contributed by atoms with van der Waals surface area (Å²) in [5.74, 6) is 0.538. The van der Waals surface area contributed by atoms with E-state index in [0.717, 1.165) is 22.5 Å². The number of fused-ring (bicyclic) bond motifs is 1. The average molecular weight is 452 g/mol. The maximum Gasteiger partial charge on any atom is 0.247 e. The Morgan fingerprint density at radius 1 is 1.24 bits per heavy atom. The van der Waals surface area contributed by atoms with Gasteiger partial charge in [-0.1, -0.05) is 12.6 Å². The van der Waals surface area contributed by atoms with E-state index >= 15 is 0 Å². The summed E-state index contributed by atoms with van der Waals surface area (Å²) in [7, 11) is 0. The molecule has 1 amide bonds. The van der Waals surface area contributed by atoms with Crippen LogP contribution in [0.15, 0.2) is 74.1 Å². The molecule has 0 bridgehead atoms. The maximum atomic E-state index is 11.6. The van der Waals surface area contributed by atoms with Gasteiger partial charge in [0.25, 0.3) is 0 Å². The molecular weight excluding hydrogens is 432 g/mol. The number of nitrogens with zero attached hydrogens (tertiary/aromatic N) is 6. The Bertz CT molecular complexity index is 1490. The van der Waals surface area contributed by atoms with Crippen LogP contribution in [0, 0.1) is 6.92 Å². The molecule has 4 aromatic heterocycles. The normalized spacial score (nSPS) is 10.9. The van der Waals surface area contributed by atoms with Crippen LogP contribution < -0.4 is 10.1 Å². The van der Waals surface area contributed by atoms with Gasteiger partial charge in [0, 0.05) is 47.7 Å². The minimum atomic E-state index is -0.300. The maximum absolute atomic E-state index is 11.6. The van der Waals surface area contributed by atoms with E-state index in [9.17, 15) is 4.79 Å². The highest BCUT2D eigenvalue weighted by molar-refractivity contribution is 5.99. The lowest BCUT2D eigenvalue weighted by Crippen LogP contribution is -2.07. The first kappa shape index (κ1) is 21.0. The van der Waals surface area contributed by atoms with Crippen LogP contribution in [-0.2, 0) is 11.3 Å². The molecule has 0 saturated heterocycles. The Morgan fingerprint density at radius 2 is 2.15 bits per heavy atom. The molecule has 10 nitrogen and oxygen atoms in total. The van der Waals surface area contributed by atoms with Gasteiger partial charge in [-0.15, -0.1) is 0 Å². The summed E-state index contributed by atoms with van der Waals surface area (Å²) < 4.78 is 7.74. The first-order chi connectivity index (χ1) is 16.6. The number of ether oxygens (including phenoxy) is 1. The fourth-order valence-electron chi connectivity index (χ4n) is 3.52. The molecule has 0 aliphatic heterocycles. The molecule has 10 heteroatoms. The lowest BCUT2D eigenvalue weighted by Gasteiger charge is -2.07. The highest BCUT2D eigenvalue weighted by Gasteiger charge is 2.16. The highest BCUT2D eigenvalue weighted by atomic mass is 16.5. The van der Waals surface area contributed by atoms with Crippen LogP contribution in [0.1, 0.15) is 11.4 Å².